The molecule has 136 valence electrons. The maximum absolute atomic E-state index is 12.0. The van der Waals surface area contributed by atoms with E-state index in [1.54, 1.807) is 36.9 Å². The predicted molar refractivity (Wildman–Crippen MR) is 98.0 cm³/mol. The monoisotopic (exact) mass is 384 g/mol. The molecule has 2 aromatic rings. The van der Waals surface area contributed by atoms with Crippen LogP contribution in [0.2, 0.25) is 10.0 Å². The van der Waals surface area contributed by atoms with Crippen molar-refractivity contribution in [3.05, 3.63) is 52.5 Å². The van der Waals surface area contributed by atoms with Gasteiger partial charge in [0, 0.05) is 28.0 Å². The molecular weight excluding hydrogens is 363 g/mol. The van der Waals surface area contributed by atoms with E-state index < -0.39 is 12.3 Å². The fourth-order valence-electron chi connectivity index (χ4n) is 2.38. The first-order chi connectivity index (χ1) is 12.1. The molecule has 1 unspecified atom stereocenters. The van der Waals surface area contributed by atoms with Gasteiger partial charge in [0.15, 0.2) is 0 Å². The van der Waals surface area contributed by atoms with Crippen LogP contribution >= 0.6 is 23.2 Å². The molecule has 1 aromatic carbocycles. The van der Waals surface area contributed by atoms with Gasteiger partial charge in [-0.25, -0.2) is 9.78 Å². The number of halogens is 2. The average Bonchev–Trinajstić information content (AvgIpc) is 3.07. The van der Waals surface area contributed by atoms with Crippen LogP contribution in [0.1, 0.15) is 44.3 Å². The third kappa shape index (κ3) is 6.59. The van der Waals surface area contributed by atoms with Crippen molar-refractivity contribution in [2.45, 2.75) is 45.3 Å². The average molecular weight is 385 g/mol. The smallest absolute Gasteiger partial charge is 0.434 e. The Balaban J connectivity index is 2.00. The zero-order chi connectivity index (χ0) is 18.1. The number of aromatic nitrogens is 2. The Morgan fingerprint density at radius 3 is 2.80 bits per heavy atom. The second kappa shape index (κ2) is 10.3. The Bertz CT molecular complexity index is 662. The number of imidazole rings is 1. The number of nitrogens with zero attached hydrogens (tertiary/aromatic N) is 2. The van der Waals surface area contributed by atoms with Crippen LogP contribution < -0.4 is 0 Å². The van der Waals surface area contributed by atoms with Gasteiger partial charge in [-0.15, -0.1) is 0 Å². The van der Waals surface area contributed by atoms with Gasteiger partial charge in [-0.1, -0.05) is 55.5 Å². The number of benzene rings is 1. The molecule has 7 heteroatoms. The van der Waals surface area contributed by atoms with Crippen LogP contribution in [-0.2, 0) is 16.0 Å². The largest absolute Gasteiger partial charge is 0.508 e. The van der Waals surface area contributed by atoms with Gasteiger partial charge < -0.3 is 14.0 Å². The molecule has 0 saturated carbocycles. The van der Waals surface area contributed by atoms with Crippen LogP contribution in [0.15, 0.2) is 36.9 Å². The minimum absolute atomic E-state index is 0.352. The van der Waals surface area contributed by atoms with Crippen molar-refractivity contribution in [2.75, 3.05) is 6.61 Å². The summed E-state index contributed by atoms with van der Waals surface area (Å²) in [6.45, 7) is 2.86. The van der Waals surface area contributed by atoms with Crippen molar-refractivity contribution in [1.29, 1.82) is 0 Å². The standard InChI is InChI=1S/C18H22Cl2N2O3/c1-2-3-4-5-10-24-18(23)25-17(12-22-9-8-21-13-22)15-7-6-14(19)11-16(15)20/h6-9,11,13,17H,2-5,10,12H2,1H3. The van der Waals surface area contributed by atoms with E-state index in [-0.39, 0.29) is 0 Å². The van der Waals surface area contributed by atoms with Crippen LogP contribution in [0.3, 0.4) is 0 Å². The van der Waals surface area contributed by atoms with Gasteiger partial charge in [-0.3, -0.25) is 0 Å². The van der Waals surface area contributed by atoms with E-state index in [1.807, 2.05) is 4.57 Å². The zero-order valence-corrected chi connectivity index (χ0v) is 15.7. The Labute approximate surface area is 157 Å². The molecule has 0 spiro atoms. The van der Waals surface area contributed by atoms with Gasteiger partial charge in [0.25, 0.3) is 0 Å². The summed E-state index contributed by atoms with van der Waals surface area (Å²) in [5.74, 6) is 0. The molecule has 0 saturated heterocycles. The zero-order valence-electron chi connectivity index (χ0n) is 14.2. The highest BCUT2D eigenvalue weighted by atomic mass is 35.5. The van der Waals surface area contributed by atoms with Gasteiger partial charge in [0.05, 0.1) is 19.5 Å². The van der Waals surface area contributed by atoms with Crippen LogP contribution in [-0.4, -0.2) is 22.3 Å². The molecule has 0 fully saturated rings. The Morgan fingerprint density at radius 1 is 1.28 bits per heavy atom. The van der Waals surface area contributed by atoms with Crippen LogP contribution in [0.5, 0.6) is 0 Å². The highest BCUT2D eigenvalue weighted by Crippen LogP contribution is 2.30. The molecule has 0 aliphatic rings. The van der Waals surface area contributed by atoms with E-state index in [0.717, 1.165) is 25.7 Å². The number of unbranched alkanes of at least 4 members (excludes halogenated alkanes) is 3. The first kappa shape index (κ1) is 19.6. The molecular formula is C18H22Cl2N2O3. The van der Waals surface area contributed by atoms with Crippen molar-refractivity contribution in [1.82, 2.24) is 9.55 Å². The van der Waals surface area contributed by atoms with E-state index in [2.05, 4.69) is 11.9 Å². The number of ether oxygens (including phenoxy) is 2. The van der Waals surface area contributed by atoms with E-state index >= 15 is 0 Å². The summed E-state index contributed by atoms with van der Waals surface area (Å²) >= 11 is 12.2. The summed E-state index contributed by atoms with van der Waals surface area (Å²) in [5, 5.41) is 0.960. The van der Waals surface area contributed by atoms with Crippen molar-refractivity contribution < 1.29 is 14.3 Å². The normalized spacial score (nSPS) is 12.0. The molecule has 1 atom stereocenters. The maximum Gasteiger partial charge on any atom is 0.508 e. The van der Waals surface area contributed by atoms with Crippen LogP contribution in [0, 0.1) is 0 Å². The number of rotatable bonds is 9. The summed E-state index contributed by atoms with van der Waals surface area (Å²) in [5.41, 5.74) is 0.669. The summed E-state index contributed by atoms with van der Waals surface area (Å²) in [6.07, 6.45) is 7.92. The Kier molecular flexibility index (Phi) is 8.09. The second-order valence-electron chi connectivity index (χ2n) is 5.69. The third-order valence-corrected chi connectivity index (χ3v) is 4.26. The summed E-state index contributed by atoms with van der Waals surface area (Å²) < 4.78 is 12.5. The quantitative estimate of drug-likeness (QED) is 0.413. The summed E-state index contributed by atoms with van der Waals surface area (Å²) in [4.78, 5) is 16.0. The molecule has 5 nitrogen and oxygen atoms in total. The van der Waals surface area contributed by atoms with E-state index in [4.69, 9.17) is 32.7 Å². The lowest BCUT2D eigenvalue weighted by Gasteiger charge is -2.19. The molecule has 0 aliphatic heterocycles. The fraction of sp³-hybridized carbons (Fsp3) is 0.444. The third-order valence-electron chi connectivity index (χ3n) is 3.70. The molecule has 0 amide bonds. The lowest BCUT2D eigenvalue weighted by Crippen LogP contribution is -2.18. The van der Waals surface area contributed by atoms with Crippen LogP contribution in [0.4, 0.5) is 4.79 Å². The lowest BCUT2D eigenvalue weighted by atomic mass is 10.1. The van der Waals surface area contributed by atoms with Crippen molar-refractivity contribution in [3.8, 4) is 0 Å². The van der Waals surface area contributed by atoms with Gasteiger partial charge in [-0.05, 0) is 18.6 Å². The molecule has 25 heavy (non-hydrogen) atoms. The van der Waals surface area contributed by atoms with E-state index in [1.165, 1.54) is 0 Å². The first-order valence-electron chi connectivity index (χ1n) is 8.34. The fourth-order valence-corrected chi connectivity index (χ4v) is 2.91. The van der Waals surface area contributed by atoms with Gasteiger partial charge >= 0.3 is 6.16 Å². The van der Waals surface area contributed by atoms with Gasteiger partial charge in [0.1, 0.15) is 6.10 Å². The molecule has 1 aromatic heterocycles. The van der Waals surface area contributed by atoms with Crippen molar-refractivity contribution in [3.63, 3.8) is 0 Å². The first-order valence-corrected chi connectivity index (χ1v) is 9.10. The van der Waals surface area contributed by atoms with Gasteiger partial charge in [-0.2, -0.15) is 0 Å². The number of carbonyl (C=O) groups is 1. The predicted octanol–water partition coefficient (Wildman–Crippen LogP) is 5.66. The molecule has 0 bridgehead atoms. The molecule has 1 heterocycles. The Hall–Kier alpha value is -1.72. The molecule has 0 N–H and O–H groups in total. The molecule has 2 rings (SSSR count). The number of hydrogen-bond acceptors (Lipinski definition) is 4. The van der Waals surface area contributed by atoms with E-state index in [9.17, 15) is 4.79 Å². The number of hydrogen-bond donors (Lipinski definition) is 0. The SMILES string of the molecule is CCCCCCOC(=O)OC(Cn1ccnc1)c1ccc(Cl)cc1Cl. The van der Waals surface area contributed by atoms with E-state index in [0.29, 0.717) is 28.8 Å². The lowest BCUT2D eigenvalue weighted by molar-refractivity contribution is 0.0162. The molecule has 0 radical (unpaired) electrons. The summed E-state index contributed by atoms with van der Waals surface area (Å²) in [6, 6.07) is 5.09. The van der Waals surface area contributed by atoms with Crippen molar-refractivity contribution in [2.24, 2.45) is 0 Å². The van der Waals surface area contributed by atoms with Gasteiger partial charge in [0.2, 0.25) is 0 Å². The minimum Gasteiger partial charge on any atom is -0.434 e. The minimum atomic E-state index is -0.701. The second-order valence-corrected chi connectivity index (χ2v) is 6.53. The van der Waals surface area contributed by atoms with Crippen LogP contribution in [0.25, 0.3) is 0 Å². The molecule has 0 aliphatic carbocycles. The maximum atomic E-state index is 12.0. The highest BCUT2D eigenvalue weighted by molar-refractivity contribution is 6.35. The topological polar surface area (TPSA) is 53.4 Å². The van der Waals surface area contributed by atoms with Crippen molar-refractivity contribution >= 4 is 29.4 Å². The Morgan fingerprint density at radius 2 is 2.12 bits per heavy atom. The number of carbonyl (C=O) groups excluding carboxylic acids is 1. The summed E-state index contributed by atoms with van der Waals surface area (Å²) in [7, 11) is 0. The highest BCUT2D eigenvalue weighted by Gasteiger charge is 2.21.